The van der Waals surface area contributed by atoms with Gasteiger partial charge in [-0.3, -0.25) is 0 Å². The maximum absolute atomic E-state index is 6.03. The fraction of sp³-hybridized carbons (Fsp3) is 0.571. The van der Waals surface area contributed by atoms with E-state index in [2.05, 4.69) is 14.5 Å². The molecule has 0 aromatic carbocycles. The smallest absolute Gasteiger partial charge is 0.215 e. The van der Waals surface area contributed by atoms with E-state index in [1.165, 1.54) is 0 Å². The average Bonchev–Trinajstić information content (AvgIpc) is 2.85. The fourth-order valence-corrected chi connectivity index (χ4v) is 2.83. The van der Waals surface area contributed by atoms with Gasteiger partial charge in [-0.1, -0.05) is 0 Å². The molecule has 0 bridgehead atoms. The van der Waals surface area contributed by atoms with Crippen LogP contribution in [-0.4, -0.2) is 34.9 Å². The van der Waals surface area contributed by atoms with E-state index in [1.54, 1.807) is 7.11 Å². The summed E-state index contributed by atoms with van der Waals surface area (Å²) >= 11 is 6.03. The van der Waals surface area contributed by atoms with Crippen LogP contribution in [0.3, 0.4) is 0 Å². The summed E-state index contributed by atoms with van der Waals surface area (Å²) in [5.41, 5.74) is 1.72. The number of ether oxygens (including phenoxy) is 2. The van der Waals surface area contributed by atoms with Gasteiger partial charge in [-0.2, -0.15) is 4.98 Å². The summed E-state index contributed by atoms with van der Waals surface area (Å²) < 4.78 is 12.7. The van der Waals surface area contributed by atoms with Crippen molar-refractivity contribution in [2.75, 3.05) is 20.3 Å². The summed E-state index contributed by atoms with van der Waals surface area (Å²) in [6, 6.07) is 3.75. The molecule has 6 heteroatoms. The molecule has 0 radical (unpaired) electrons. The molecular formula is C14H18ClN3O2. The molecule has 2 aromatic heterocycles. The van der Waals surface area contributed by atoms with Crippen LogP contribution in [0.1, 0.15) is 18.7 Å². The molecule has 1 aliphatic heterocycles. The van der Waals surface area contributed by atoms with Crippen molar-refractivity contribution < 1.29 is 9.47 Å². The topological polar surface area (TPSA) is 49.2 Å². The first kappa shape index (κ1) is 13.6. The van der Waals surface area contributed by atoms with Gasteiger partial charge in [-0.05, 0) is 24.8 Å². The Morgan fingerprint density at radius 2 is 2.15 bits per heavy atom. The van der Waals surface area contributed by atoms with Crippen LogP contribution in [0, 0.1) is 5.92 Å². The number of methoxy groups -OCH3 is 1. The molecule has 3 heterocycles. The summed E-state index contributed by atoms with van der Waals surface area (Å²) in [7, 11) is 1.62. The van der Waals surface area contributed by atoms with Crippen molar-refractivity contribution in [3.8, 4) is 5.88 Å². The molecule has 0 saturated carbocycles. The van der Waals surface area contributed by atoms with E-state index in [0.717, 1.165) is 49.6 Å². The Kier molecular flexibility index (Phi) is 4.08. The Balaban J connectivity index is 1.97. The fourth-order valence-electron chi connectivity index (χ4n) is 2.63. The first-order valence-corrected chi connectivity index (χ1v) is 7.39. The molecule has 3 rings (SSSR count). The van der Waals surface area contributed by atoms with Gasteiger partial charge < -0.3 is 14.0 Å². The van der Waals surface area contributed by atoms with Crippen molar-refractivity contribution in [2.45, 2.75) is 25.3 Å². The van der Waals surface area contributed by atoms with E-state index >= 15 is 0 Å². The van der Waals surface area contributed by atoms with Gasteiger partial charge in [0, 0.05) is 25.8 Å². The maximum atomic E-state index is 6.03. The third-order valence-corrected chi connectivity index (χ3v) is 4.00. The predicted octanol–water partition coefficient (Wildman–Crippen LogP) is 2.61. The number of fused-ring (bicyclic) bond motifs is 1. The van der Waals surface area contributed by atoms with E-state index in [-0.39, 0.29) is 0 Å². The quantitative estimate of drug-likeness (QED) is 0.814. The normalized spacial score (nSPS) is 16.7. The molecule has 0 aliphatic carbocycles. The summed E-state index contributed by atoms with van der Waals surface area (Å²) in [6.45, 7) is 2.57. The standard InChI is InChI=1S/C14H18ClN3O2/c1-19-13-3-2-11-14(17-13)18(12(8-15)16-11)9-10-4-6-20-7-5-10/h2-3,10H,4-9H2,1H3. The van der Waals surface area contributed by atoms with E-state index in [9.17, 15) is 0 Å². The highest BCUT2D eigenvalue weighted by Crippen LogP contribution is 2.23. The maximum Gasteiger partial charge on any atom is 0.215 e. The van der Waals surface area contributed by atoms with Gasteiger partial charge in [-0.25, -0.2) is 4.98 Å². The lowest BCUT2D eigenvalue weighted by Gasteiger charge is -2.23. The number of pyridine rings is 1. The lowest BCUT2D eigenvalue weighted by atomic mass is 10.0. The second-order valence-electron chi connectivity index (χ2n) is 5.02. The first-order chi connectivity index (χ1) is 9.81. The number of alkyl halides is 1. The molecule has 108 valence electrons. The lowest BCUT2D eigenvalue weighted by molar-refractivity contribution is 0.0613. The second-order valence-corrected chi connectivity index (χ2v) is 5.29. The minimum Gasteiger partial charge on any atom is -0.481 e. The van der Waals surface area contributed by atoms with Crippen LogP contribution >= 0.6 is 11.6 Å². The zero-order valence-corrected chi connectivity index (χ0v) is 12.3. The number of nitrogens with zero attached hydrogens (tertiary/aromatic N) is 3. The Morgan fingerprint density at radius 3 is 2.85 bits per heavy atom. The van der Waals surface area contributed by atoms with Crippen LogP contribution in [0.15, 0.2) is 12.1 Å². The van der Waals surface area contributed by atoms with Crippen LogP contribution < -0.4 is 4.74 Å². The molecule has 0 spiro atoms. The summed E-state index contributed by atoms with van der Waals surface area (Å²) in [6.07, 6.45) is 2.15. The number of hydrogen-bond donors (Lipinski definition) is 0. The minimum absolute atomic E-state index is 0.391. The van der Waals surface area contributed by atoms with Gasteiger partial charge in [0.1, 0.15) is 11.3 Å². The van der Waals surface area contributed by atoms with E-state index in [0.29, 0.717) is 17.7 Å². The number of rotatable bonds is 4. The van der Waals surface area contributed by atoms with Crippen LogP contribution in [-0.2, 0) is 17.2 Å². The van der Waals surface area contributed by atoms with Gasteiger partial charge in [0.15, 0.2) is 5.65 Å². The van der Waals surface area contributed by atoms with E-state index < -0.39 is 0 Å². The monoisotopic (exact) mass is 295 g/mol. The van der Waals surface area contributed by atoms with E-state index in [4.69, 9.17) is 21.1 Å². The third-order valence-electron chi connectivity index (χ3n) is 3.76. The summed E-state index contributed by atoms with van der Waals surface area (Å²) in [5, 5.41) is 0. The molecule has 1 aliphatic rings. The van der Waals surface area contributed by atoms with Gasteiger partial charge in [0.25, 0.3) is 0 Å². The molecule has 0 unspecified atom stereocenters. The Hall–Kier alpha value is -1.33. The van der Waals surface area contributed by atoms with Crippen molar-refractivity contribution in [1.29, 1.82) is 0 Å². The number of imidazole rings is 1. The van der Waals surface area contributed by atoms with Crippen LogP contribution in [0.25, 0.3) is 11.2 Å². The molecular weight excluding hydrogens is 278 g/mol. The highest BCUT2D eigenvalue weighted by Gasteiger charge is 2.19. The van der Waals surface area contributed by atoms with Gasteiger partial charge >= 0.3 is 0 Å². The Labute approximate surface area is 122 Å². The van der Waals surface area contributed by atoms with Crippen LogP contribution in [0.2, 0.25) is 0 Å². The van der Waals surface area contributed by atoms with Gasteiger partial charge in [0.2, 0.25) is 5.88 Å². The number of halogens is 1. The minimum atomic E-state index is 0.391. The van der Waals surface area contributed by atoms with Gasteiger partial charge in [-0.15, -0.1) is 11.6 Å². The highest BCUT2D eigenvalue weighted by atomic mass is 35.5. The molecule has 5 nitrogen and oxygen atoms in total. The number of aromatic nitrogens is 3. The molecule has 0 N–H and O–H groups in total. The van der Waals surface area contributed by atoms with Crippen molar-refractivity contribution in [3.05, 3.63) is 18.0 Å². The average molecular weight is 296 g/mol. The Bertz CT molecular complexity index is 593. The zero-order chi connectivity index (χ0) is 13.9. The molecule has 2 aromatic rings. The van der Waals surface area contributed by atoms with Crippen LogP contribution in [0.4, 0.5) is 0 Å². The van der Waals surface area contributed by atoms with E-state index in [1.807, 2.05) is 12.1 Å². The number of hydrogen-bond acceptors (Lipinski definition) is 4. The predicted molar refractivity (Wildman–Crippen MR) is 77.2 cm³/mol. The second kappa shape index (κ2) is 5.97. The van der Waals surface area contributed by atoms with Crippen molar-refractivity contribution >= 4 is 22.8 Å². The Morgan fingerprint density at radius 1 is 1.35 bits per heavy atom. The van der Waals surface area contributed by atoms with Crippen LogP contribution in [0.5, 0.6) is 5.88 Å². The van der Waals surface area contributed by atoms with Gasteiger partial charge in [0.05, 0.1) is 13.0 Å². The summed E-state index contributed by atoms with van der Waals surface area (Å²) in [4.78, 5) is 9.07. The molecule has 1 fully saturated rings. The molecule has 0 amide bonds. The lowest BCUT2D eigenvalue weighted by Crippen LogP contribution is -2.21. The third kappa shape index (κ3) is 2.60. The SMILES string of the molecule is COc1ccc2nc(CCl)n(CC3CCOCC3)c2n1. The van der Waals surface area contributed by atoms with Crippen molar-refractivity contribution in [2.24, 2.45) is 5.92 Å². The highest BCUT2D eigenvalue weighted by molar-refractivity contribution is 6.16. The zero-order valence-electron chi connectivity index (χ0n) is 11.5. The molecule has 20 heavy (non-hydrogen) atoms. The van der Waals surface area contributed by atoms with Crippen molar-refractivity contribution in [1.82, 2.24) is 14.5 Å². The molecule has 0 atom stereocenters. The van der Waals surface area contributed by atoms with Crippen molar-refractivity contribution in [3.63, 3.8) is 0 Å². The first-order valence-electron chi connectivity index (χ1n) is 6.85. The molecule has 1 saturated heterocycles. The largest absolute Gasteiger partial charge is 0.481 e. The summed E-state index contributed by atoms with van der Waals surface area (Å²) in [5.74, 6) is 2.46.